The summed E-state index contributed by atoms with van der Waals surface area (Å²) in [7, 11) is 0. The van der Waals surface area contributed by atoms with Gasteiger partial charge in [0.25, 0.3) is 0 Å². The summed E-state index contributed by atoms with van der Waals surface area (Å²) in [6, 6.07) is 5.63. The van der Waals surface area contributed by atoms with Gasteiger partial charge in [-0.2, -0.15) is 0 Å². The van der Waals surface area contributed by atoms with Gasteiger partial charge in [0.15, 0.2) is 5.58 Å². The van der Waals surface area contributed by atoms with Gasteiger partial charge < -0.3 is 4.42 Å². The Balaban J connectivity index is 2.21. The average Bonchev–Trinajstić information content (AvgIpc) is 2.66. The minimum absolute atomic E-state index is 0.0705. The van der Waals surface area contributed by atoms with E-state index in [9.17, 15) is 4.79 Å². The molecule has 1 N–H and O–H groups in total. The molecule has 4 heteroatoms. The molecule has 0 bridgehead atoms. The zero-order valence-electron chi connectivity index (χ0n) is 11.8. The largest absolute Gasteiger partial charge is 0.417 e. The van der Waals surface area contributed by atoms with Crippen molar-refractivity contribution in [1.82, 2.24) is 4.98 Å². The van der Waals surface area contributed by atoms with Crippen LogP contribution in [-0.2, 0) is 0 Å². The maximum atomic E-state index is 11.1. The van der Waals surface area contributed by atoms with Gasteiger partial charge in [-0.05, 0) is 35.4 Å². The van der Waals surface area contributed by atoms with Crippen LogP contribution in [0, 0.1) is 11.3 Å². The van der Waals surface area contributed by atoms with Gasteiger partial charge >= 0.3 is 5.76 Å². The van der Waals surface area contributed by atoms with E-state index in [2.05, 4.69) is 32.7 Å². The molecule has 0 saturated carbocycles. The molecule has 104 valence electrons. The van der Waals surface area contributed by atoms with Gasteiger partial charge in [0.1, 0.15) is 0 Å². The topological polar surface area (TPSA) is 46.0 Å². The van der Waals surface area contributed by atoms with E-state index in [0.29, 0.717) is 17.0 Å². The predicted molar refractivity (Wildman–Crippen MR) is 78.7 cm³/mol. The van der Waals surface area contributed by atoms with Crippen molar-refractivity contribution >= 4 is 22.7 Å². The molecule has 0 radical (unpaired) electrons. The highest BCUT2D eigenvalue weighted by molar-refractivity contribution is 6.20. The van der Waals surface area contributed by atoms with Crippen LogP contribution in [0.1, 0.15) is 45.1 Å². The number of oxazole rings is 1. The molecule has 2 rings (SSSR count). The zero-order chi connectivity index (χ0) is 14.2. The second kappa shape index (κ2) is 5.04. The van der Waals surface area contributed by atoms with Crippen LogP contribution in [0.3, 0.4) is 0 Å². The van der Waals surface area contributed by atoms with Crippen LogP contribution in [0.5, 0.6) is 0 Å². The molecule has 0 amide bonds. The van der Waals surface area contributed by atoms with Crippen LogP contribution >= 0.6 is 11.6 Å². The average molecular weight is 282 g/mol. The van der Waals surface area contributed by atoms with E-state index < -0.39 is 5.76 Å². The molecule has 0 spiro atoms. The number of benzene rings is 1. The molecule has 0 fully saturated rings. The summed E-state index contributed by atoms with van der Waals surface area (Å²) < 4.78 is 5.06. The summed E-state index contributed by atoms with van der Waals surface area (Å²) in [5.74, 6) is 0.0743. The number of aromatic nitrogens is 1. The molecule has 0 saturated heterocycles. The first kappa shape index (κ1) is 14.2. The lowest BCUT2D eigenvalue weighted by molar-refractivity contribution is 0.245. The SMILES string of the molecule is CC(CC(Cl)c1ccc2[nH]c(=O)oc2c1)C(C)(C)C. The van der Waals surface area contributed by atoms with E-state index in [-0.39, 0.29) is 10.8 Å². The Labute approximate surface area is 118 Å². The Morgan fingerprint density at radius 3 is 2.68 bits per heavy atom. The standard InChI is InChI=1S/C15H20ClNO2/c1-9(15(2,3)4)7-11(16)10-5-6-12-13(8-10)19-14(18)17-12/h5-6,8-9,11H,7H2,1-4H3,(H,17,18). The molecule has 0 aliphatic heterocycles. The summed E-state index contributed by atoms with van der Waals surface area (Å²) in [5, 5.41) is -0.0705. The molecule has 0 aliphatic carbocycles. The van der Waals surface area contributed by atoms with Crippen molar-refractivity contribution in [3.8, 4) is 0 Å². The van der Waals surface area contributed by atoms with Gasteiger partial charge in [-0.1, -0.05) is 33.8 Å². The van der Waals surface area contributed by atoms with E-state index in [1.807, 2.05) is 18.2 Å². The summed E-state index contributed by atoms with van der Waals surface area (Å²) in [6.07, 6.45) is 0.894. The lowest BCUT2D eigenvalue weighted by Gasteiger charge is -2.29. The smallest absolute Gasteiger partial charge is 0.408 e. The maximum absolute atomic E-state index is 11.1. The second-order valence-corrected chi connectivity index (χ2v) is 6.77. The van der Waals surface area contributed by atoms with Crippen molar-refractivity contribution in [3.05, 3.63) is 34.3 Å². The molecule has 19 heavy (non-hydrogen) atoms. The number of hydrogen-bond donors (Lipinski definition) is 1. The number of H-pyrrole nitrogens is 1. The fourth-order valence-corrected chi connectivity index (χ4v) is 2.36. The van der Waals surface area contributed by atoms with Gasteiger partial charge in [-0.25, -0.2) is 4.79 Å². The zero-order valence-corrected chi connectivity index (χ0v) is 12.5. The minimum atomic E-state index is -0.429. The van der Waals surface area contributed by atoms with Crippen LogP contribution in [0.25, 0.3) is 11.1 Å². The maximum Gasteiger partial charge on any atom is 0.417 e. The third kappa shape index (κ3) is 3.21. The quantitative estimate of drug-likeness (QED) is 0.844. The van der Waals surface area contributed by atoms with Gasteiger partial charge in [-0.3, -0.25) is 4.98 Å². The number of nitrogens with one attached hydrogen (secondary N) is 1. The molecule has 0 aliphatic rings. The summed E-state index contributed by atoms with van der Waals surface area (Å²) in [5.41, 5.74) is 2.50. The van der Waals surface area contributed by atoms with Crippen LogP contribution in [0.2, 0.25) is 0 Å². The summed E-state index contributed by atoms with van der Waals surface area (Å²) >= 11 is 6.48. The highest BCUT2D eigenvalue weighted by Crippen LogP contribution is 2.36. The molecule has 1 aromatic carbocycles. The Bertz CT molecular complexity index is 621. The number of alkyl halides is 1. The fraction of sp³-hybridized carbons (Fsp3) is 0.533. The lowest BCUT2D eigenvalue weighted by atomic mass is 9.79. The van der Waals surface area contributed by atoms with Gasteiger partial charge in [-0.15, -0.1) is 11.6 Å². The molecule has 1 heterocycles. The number of fused-ring (bicyclic) bond motifs is 1. The second-order valence-electron chi connectivity index (χ2n) is 6.24. The highest BCUT2D eigenvalue weighted by Gasteiger charge is 2.23. The lowest BCUT2D eigenvalue weighted by Crippen LogP contribution is -2.18. The molecular weight excluding hydrogens is 262 g/mol. The third-order valence-electron chi connectivity index (χ3n) is 3.85. The molecule has 1 aromatic heterocycles. The van der Waals surface area contributed by atoms with Crippen molar-refractivity contribution in [2.75, 3.05) is 0 Å². The Hall–Kier alpha value is -1.22. The van der Waals surface area contributed by atoms with Gasteiger partial charge in [0, 0.05) is 0 Å². The predicted octanol–water partition coefficient (Wildman–Crippen LogP) is 4.47. The summed E-state index contributed by atoms with van der Waals surface area (Å²) in [6.45, 7) is 8.87. The first-order valence-electron chi connectivity index (χ1n) is 6.54. The number of rotatable bonds is 3. The highest BCUT2D eigenvalue weighted by atomic mass is 35.5. The monoisotopic (exact) mass is 281 g/mol. The first-order valence-corrected chi connectivity index (χ1v) is 6.98. The fourth-order valence-electron chi connectivity index (χ4n) is 1.96. The van der Waals surface area contributed by atoms with E-state index in [4.69, 9.17) is 16.0 Å². The van der Waals surface area contributed by atoms with Crippen molar-refractivity contribution in [2.24, 2.45) is 11.3 Å². The van der Waals surface area contributed by atoms with Crippen LogP contribution in [0.4, 0.5) is 0 Å². The van der Waals surface area contributed by atoms with Crippen LogP contribution in [0.15, 0.2) is 27.4 Å². The van der Waals surface area contributed by atoms with Crippen molar-refractivity contribution in [3.63, 3.8) is 0 Å². The summed E-state index contributed by atoms with van der Waals surface area (Å²) in [4.78, 5) is 13.7. The molecule has 2 aromatic rings. The molecule has 2 atom stereocenters. The van der Waals surface area contributed by atoms with E-state index in [1.54, 1.807) is 0 Å². The number of aromatic amines is 1. The number of hydrogen-bond acceptors (Lipinski definition) is 2. The van der Waals surface area contributed by atoms with E-state index >= 15 is 0 Å². The van der Waals surface area contributed by atoms with Crippen molar-refractivity contribution < 1.29 is 4.42 Å². The Morgan fingerprint density at radius 2 is 2.05 bits per heavy atom. The number of halogens is 1. The van der Waals surface area contributed by atoms with Crippen LogP contribution < -0.4 is 5.76 Å². The molecule has 2 unspecified atom stereocenters. The third-order valence-corrected chi connectivity index (χ3v) is 4.28. The van der Waals surface area contributed by atoms with Crippen LogP contribution in [-0.4, -0.2) is 4.98 Å². The molecule has 3 nitrogen and oxygen atoms in total. The molecular formula is C15H20ClNO2. The van der Waals surface area contributed by atoms with E-state index in [0.717, 1.165) is 12.0 Å². The van der Waals surface area contributed by atoms with E-state index in [1.165, 1.54) is 0 Å². The first-order chi connectivity index (χ1) is 8.77. The van der Waals surface area contributed by atoms with Gasteiger partial charge in [0.2, 0.25) is 0 Å². The van der Waals surface area contributed by atoms with Crippen molar-refractivity contribution in [1.29, 1.82) is 0 Å². The minimum Gasteiger partial charge on any atom is -0.408 e. The Kier molecular flexibility index (Phi) is 3.77. The van der Waals surface area contributed by atoms with Crippen molar-refractivity contribution in [2.45, 2.75) is 39.5 Å². The Morgan fingerprint density at radius 1 is 1.37 bits per heavy atom. The van der Waals surface area contributed by atoms with Gasteiger partial charge in [0.05, 0.1) is 10.9 Å². The normalized spacial score (nSPS) is 15.6.